The minimum atomic E-state index is 0.373. The first-order chi connectivity index (χ1) is 2.91. The van der Waals surface area contributed by atoms with Gasteiger partial charge in [-0.3, -0.25) is 0 Å². The Labute approximate surface area is 50.7 Å². The van der Waals surface area contributed by atoms with E-state index in [-0.39, 0.29) is 0 Å². The summed E-state index contributed by atoms with van der Waals surface area (Å²) in [7, 11) is 0. The molecule has 0 atom stereocenters. The van der Waals surface area contributed by atoms with Gasteiger partial charge in [0.25, 0.3) is 0 Å². The van der Waals surface area contributed by atoms with Crippen LogP contribution in [0.5, 0.6) is 0 Å². The fraction of sp³-hybridized carbons (Fsp3) is 1.00. The second kappa shape index (κ2) is 5.70. The summed E-state index contributed by atoms with van der Waals surface area (Å²) in [4.78, 5) is 0. The van der Waals surface area contributed by atoms with Gasteiger partial charge in [0.15, 0.2) is 0 Å². The molecule has 0 aromatic carbocycles. The monoisotopic (exact) mass is 254 g/mol. The Morgan fingerprint density at radius 2 is 2.00 bits per heavy atom. The number of aliphatic hydroxyl groups excluding tert-OH is 1. The van der Waals surface area contributed by atoms with Gasteiger partial charge in [-0.25, -0.2) is 0 Å². The topological polar surface area (TPSA) is 20.2 Å². The molecule has 0 aliphatic carbocycles. The molecule has 2 heteroatoms. The zero-order valence-corrected chi connectivity index (χ0v) is 6.94. The Morgan fingerprint density at radius 3 is 2.17 bits per heavy atom. The van der Waals surface area contributed by atoms with Crippen LogP contribution in [-0.2, 0) is 21.1 Å². The van der Waals surface area contributed by atoms with E-state index in [4.69, 9.17) is 5.11 Å². The average molecular weight is 254 g/mol. The second-order valence-corrected chi connectivity index (χ2v) is 2.76. The molecule has 0 radical (unpaired) electrons. The first kappa shape index (κ1) is 6.70. The van der Waals surface area contributed by atoms with Crippen molar-refractivity contribution in [2.45, 2.75) is 17.5 Å². The van der Waals surface area contributed by atoms with Gasteiger partial charge in [-0.15, -0.1) is 0 Å². The van der Waals surface area contributed by atoms with E-state index in [0.29, 0.717) is 6.61 Å². The van der Waals surface area contributed by atoms with Crippen molar-refractivity contribution in [1.82, 2.24) is 0 Å². The van der Waals surface area contributed by atoms with Crippen LogP contribution in [0.2, 0.25) is 4.64 Å². The molecule has 0 aliphatic heterocycles. The average Bonchev–Trinajstić information content (AvgIpc) is 1.61. The summed E-state index contributed by atoms with van der Waals surface area (Å²) in [5.41, 5.74) is 0. The third kappa shape index (κ3) is 4.70. The molecule has 1 nitrogen and oxygen atoms in total. The molecule has 0 aliphatic rings. The Hall–Kier alpha value is 0.700. The van der Waals surface area contributed by atoms with Gasteiger partial charge < -0.3 is 0 Å². The normalized spacial score (nSPS) is 8.83. The van der Waals surface area contributed by atoms with E-state index in [2.05, 4.69) is 0 Å². The summed E-state index contributed by atoms with van der Waals surface area (Å²) in [5, 5.41) is 8.21. The molecular weight excluding hydrogens is 245 g/mol. The number of hydrogen-bond donors (Lipinski definition) is 1. The molecule has 36 valence electrons. The Morgan fingerprint density at radius 1 is 1.33 bits per heavy atom. The van der Waals surface area contributed by atoms with Crippen molar-refractivity contribution >= 4 is 0 Å². The first-order valence-corrected chi connectivity index (χ1v) is 4.40. The standard InChI is InChI=1S/C4H9O.Ta/c1-2-3-4-5;/h5H,1-4H2;. The molecule has 0 bridgehead atoms. The van der Waals surface area contributed by atoms with Gasteiger partial charge in [-0.1, -0.05) is 0 Å². The third-order valence-corrected chi connectivity index (χ3v) is 1.70. The van der Waals surface area contributed by atoms with Crippen LogP contribution in [0.3, 0.4) is 0 Å². The van der Waals surface area contributed by atoms with E-state index < -0.39 is 0 Å². The van der Waals surface area contributed by atoms with Crippen molar-refractivity contribution in [3.63, 3.8) is 0 Å². The SMILES string of the molecule is OCCC[CH2][Ta]. The first-order valence-electron chi connectivity index (χ1n) is 2.13. The molecule has 0 amide bonds. The van der Waals surface area contributed by atoms with Crippen molar-refractivity contribution in [2.75, 3.05) is 6.61 Å². The summed E-state index contributed by atoms with van der Waals surface area (Å²) in [5.74, 6) is 0. The maximum absolute atomic E-state index is 8.21. The molecule has 0 rings (SSSR count). The summed E-state index contributed by atoms with van der Waals surface area (Å²) in [6.07, 6.45) is 2.21. The van der Waals surface area contributed by atoms with E-state index in [1.807, 2.05) is 0 Å². The predicted octanol–water partition coefficient (Wildman–Crippen LogP) is 0.724. The van der Waals surface area contributed by atoms with Gasteiger partial charge in [0.05, 0.1) is 0 Å². The van der Waals surface area contributed by atoms with Gasteiger partial charge in [0.2, 0.25) is 0 Å². The number of hydrogen-bond acceptors (Lipinski definition) is 1. The van der Waals surface area contributed by atoms with Crippen LogP contribution in [0.25, 0.3) is 0 Å². The molecular formula is C4H9OTa. The van der Waals surface area contributed by atoms with Crippen LogP contribution >= 0.6 is 0 Å². The molecule has 0 saturated heterocycles. The maximum atomic E-state index is 8.21. The van der Waals surface area contributed by atoms with E-state index >= 15 is 0 Å². The van der Waals surface area contributed by atoms with Gasteiger partial charge >= 0.3 is 50.3 Å². The van der Waals surface area contributed by atoms with Crippen molar-refractivity contribution in [1.29, 1.82) is 0 Å². The molecule has 0 heterocycles. The number of unbranched alkanes of at least 4 members (excludes halogenated alkanes) is 1. The van der Waals surface area contributed by atoms with Gasteiger partial charge in [0.1, 0.15) is 0 Å². The Balaban J connectivity index is 2.34. The van der Waals surface area contributed by atoms with Crippen LogP contribution in [0.1, 0.15) is 12.8 Å². The van der Waals surface area contributed by atoms with E-state index in [1.54, 1.807) is 0 Å². The van der Waals surface area contributed by atoms with Crippen LogP contribution in [0.15, 0.2) is 0 Å². The van der Waals surface area contributed by atoms with Crippen LogP contribution in [-0.4, -0.2) is 11.7 Å². The van der Waals surface area contributed by atoms with Crippen LogP contribution < -0.4 is 0 Å². The zero-order valence-electron chi connectivity index (χ0n) is 3.72. The predicted molar refractivity (Wildman–Crippen MR) is 21.1 cm³/mol. The van der Waals surface area contributed by atoms with Crippen LogP contribution in [0.4, 0.5) is 0 Å². The quantitative estimate of drug-likeness (QED) is 0.736. The summed E-state index contributed by atoms with van der Waals surface area (Å²) in [6, 6.07) is 0. The zero-order chi connectivity index (χ0) is 4.83. The fourth-order valence-corrected chi connectivity index (χ4v) is 1.03. The minimum absolute atomic E-state index is 0.373. The molecule has 0 fully saturated rings. The van der Waals surface area contributed by atoms with E-state index in [9.17, 15) is 0 Å². The molecule has 0 aromatic rings. The fourth-order valence-electron chi connectivity index (χ4n) is 0.224. The van der Waals surface area contributed by atoms with Crippen LogP contribution in [0, 0.1) is 0 Å². The van der Waals surface area contributed by atoms with Gasteiger partial charge in [-0.2, -0.15) is 0 Å². The Bertz CT molecular complexity index is 19.5. The molecule has 0 spiro atoms. The molecule has 0 aromatic heterocycles. The third-order valence-electron chi connectivity index (χ3n) is 0.566. The molecule has 0 saturated carbocycles. The van der Waals surface area contributed by atoms with Crippen molar-refractivity contribution in [3.8, 4) is 0 Å². The molecule has 0 unspecified atom stereocenters. The Kier molecular flexibility index (Phi) is 6.37. The van der Waals surface area contributed by atoms with Crippen molar-refractivity contribution < 1.29 is 26.2 Å². The summed E-state index contributed by atoms with van der Waals surface area (Å²) < 4.78 is 1.31. The van der Waals surface area contributed by atoms with Gasteiger partial charge in [0, 0.05) is 0 Å². The van der Waals surface area contributed by atoms with E-state index in [1.165, 1.54) is 32.1 Å². The number of rotatable bonds is 3. The molecule has 1 N–H and O–H groups in total. The summed E-state index contributed by atoms with van der Waals surface area (Å²) in [6.45, 7) is 0.373. The molecule has 6 heavy (non-hydrogen) atoms. The number of aliphatic hydroxyl groups is 1. The van der Waals surface area contributed by atoms with Crippen molar-refractivity contribution in [3.05, 3.63) is 0 Å². The summed E-state index contributed by atoms with van der Waals surface area (Å²) >= 11 is 1.46. The van der Waals surface area contributed by atoms with E-state index in [0.717, 1.165) is 6.42 Å². The van der Waals surface area contributed by atoms with Gasteiger partial charge in [-0.05, 0) is 0 Å². The van der Waals surface area contributed by atoms with Crippen molar-refractivity contribution in [2.24, 2.45) is 0 Å². The second-order valence-electron chi connectivity index (χ2n) is 1.15.